The van der Waals surface area contributed by atoms with Crippen molar-refractivity contribution < 1.29 is 9.53 Å². The van der Waals surface area contributed by atoms with E-state index in [0.29, 0.717) is 38.3 Å². The highest BCUT2D eigenvalue weighted by Gasteiger charge is 2.30. The van der Waals surface area contributed by atoms with Crippen LogP contribution in [0.15, 0.2) is 31.0 Å². The summed E-state index contributed by atoms with van der Waals surface area (Å²) in [5.41, 5.74) is 7.28. The van der Waals surface area contributed by atoms with Gasteiger partial charge in [-0.05, 0) is 76.0 Å². The molecule has 5 heterocycles. The second-order valence-electron chi connectivity index (χ2n) is 11.1. The Hall–Kier alpha value is -3.24. The summed E-state index contributed by atoms with van der Waals surface area (Å²) in [5.74, 6) is 0.956. The second-order valence-corrected chi connectivity index (χ2v) is 11.1. The lowest BCUT2D eigenvalue weighted by Gasteiger charge is -2.38. The standard InChI is InChI=1S/C30H39N7O2.H2S/c1-5-27(38)35-13-15-36(16-14-35)29-24-9-12-37(28-21(3)20(2)17-25-23(28)8-10-31-25)18-26(24)32-30(33-29)39-19-22-7-6-11-34(22)4;/h5,8,10,17,22,31H,1,6-7,9,11-16,18-19H2,2-4H3;1H2/t22-;/m0./s1. The summed E-state index contributed by atoms with van der Waals surface area (Å²) in [5, 5.41) is 1.25. The van der Waals surface area contributed by atoms with Crippen LogP contribution < -0.4 is 14.5 Å². The van der Waals surface area contributed by atoms with Crippen molar-refractivity contribution in [3.05, 3.63) is 53.4 Å². The summed E-state index contributed by atoms with van der Waals surface area (Å²) in [6.07, 6.45) is 6.63. The third-order valence-electron chi connectivity index (χ3n) is 8.82. The number of likely N-dealkylation sites (N-methyl/N-ethyl adjacent to an activating group) is 1. The fraction of sp³-hybridized carbons (Fsp3) is 0.500. The summed E-state index contributed by atoms with van der Waals surface area (Å²) in [6.45, 7) is 14.2. The molecule has 1 N–H and O–H groups in total. The van der Waals surface area contributed by atoms with E-state index in [-0.39, 0.29) is 19.4 Å². The Balaban J connectivity index is 0.00000323. The molecule has 0 bridgehead atoms. The second kappa shape index (κ2) is 11.7. The lowest BCUT2D eigenvalue weighted by Crippen LogP contribution is -2.49. The number of aromatic amines is 1. The number of nitrogens with zero attached hydrogens (tertiary/aromatic N) is 6. The van der Waals surface area contributed by atoms with Crippen LogP contribution in [0.1, 0.15) is 35.2 Å². The number of hydrogen-bond acceptors (Lipinski definition) is 7. The fourth-order valence-corrected chi connectivity index (χ4v) is 6.36. The van der Waals surface area contributed by atoms with Gasteiger partial charge in [0, 0.05) is 67.1 Å². The van der Waals surface area contributed by atoms with Gasteiger partial charge in [0.05, 0.1) is 12.2 Å². The van der Waals surface area contributed by atoms with E-state index in [1.54, 1.807) is 0 Å². The van der Waals surface area contributed by atoms with E-state index in [9.17, 15) is 4.79 Å². The molecule has 0 aliphatic carbocycles. The number of carbonyl (C=O) groups excluding carboxylic acids is 1. The van der Waals surface area contributed by atoms with Crippen molar-refractivity contribution >= 4 is 41.8 Å². The van der Waals surface area contributed by atoms with Gasteiger partial charge < -0.3 is 29.3 Å². The monoisotopic (exact) mass is 563 g/mol. The van der Waals surface area contributed by atoms with E-state index >= 15 is 0 Å². The van der Waals surface area contributed by atoms with Crippen LogP contribution >= 0.6 is 13.5 Å². The van der Waals surface area contributed by atoms with Crippen LogP contribution in [-0.2, 0) is 17.8 Å². The number of amides is 1. The van der Waals surface area contributed by atoms with Crippen LogP contribution in [0.4, 0.5) is 11.5 Å². The Labute approximate surface area is 243 Å². The topological polar surface area (TPSA) is 80.8 Å². The van der Waals surface area contributed by atoms with Crippen molar-refractivity contribution in [3.63, 3.8) is 0 Å². The molecule has 0 radical (unpaired) electrons. The molecule has 3 aliphatic rings. The third kappa shape index (κ3) is 5.26. The number of H-pyrrole nitrogens is 1. The number of nitrogens with one attached hydrogen (secondary N) is 1. The number of anilines is 2. The molecule has 1 atom stereocenters. The van der Waals surface area contributed by atoms with E-state index in [2.05, 4.69) is 59.3 Å². The van der Waals surface area contributed by atoms with Gasteiger partial charge in [-0.1, -0.05) is 6.58 Å². The van der Waals surface area contributed by atoms with Crippen molar-refractivity contribution in [2.45, 2.75) is 45.7 Å². The molecular formula is C30H41N7O2S. The van der Waals surface area contributed by atoms with Gasteiger partial charge in [0.25, 0.3) is 0 Å². The first kappa shape index (κ1) is 28.3. The number of aromatic nitrogens is 3. The molecule has 1 aromatic carbocycles. The highest BCUT2D eigenvalue weighted by molar-refractivity contribution is 7.59. The first-order chi connectivity index (χ1) is 18.9. The van der Waals surface area contributed by atoms with Crippen molar-refractivity contribution in [2.24, 2.45) is 0 Å². The van der Waals surface area contributed by atoms with Crippen molar-refractivity contribution in [2.75, 3.05) is 62.7 Å². The van der Waals surface area contributed by atoms with Crippen LogP contribution in [0, 0.1) is 13.8 Å². The first-order valence-electron chi connectivity index (χ1n) is 14.1. The Morgan fingerprint density at radius 2 is 1.95 bits per heavy atom. The van der Waals surface area contributed by atoms with Gasteiger partial charge in [0.1, 0.15) is 12.4 Å². The molecule has 9 nitrogen and oxygen atoms in total. The number of benzene rings is 1. The predicted molar refractivity (Wildman–Crippen MR) is 165 cm³/mol. The molecule has 0 spiro atoms. The first-order valence-corrected chi connectivity index (χ1v) is 14.1. The summed E-state index contributed by atoms with van der Waals surface area (Å²) in [7, 11) is 2.16. The fourth-order valence-electron chi connectivity index (χ4n) is 6.36. The molecule has 1 amide bonds. The Morgan fingerprint density at radius 3 is 2.67 bits per heavy atom. The smallest absolute Gasteiger partial charge is 0.318 e. The van der Waals surface area contributed by atoms with Crippen molar-refractivity contribution in [1.82, 2.24) is 24.8 Å². The van der Waals surface area contributed by atoms with Crippen LogP contribution in [0.5, 0.6) is 6.01 Å². The van der Waals surface area contributed by atoms with Crippen molar-refractivity contribution in [1.29, 1.82) is 0 Å². The minimum absolute atomic E-state index is 0. The van der Waals surface area contributed by atoms with E-state index in [1.807, 2.05) is 11.1 Å². The number of piperazine rings is 1. The quantitative estimate of drug-likeness (QED) is 0.460. The average molecular weight is 564 g/mol. The predicted octanol–water partition coefficient (Wildman–Crippen LogP) is 3.56. The number of carbonyl (C=O) groups is 1. The van der Waals surface area contributed by atoms with E-state index in [1.165, 1.54) is 45.8 Å². The molecular weight excluding hydrogens is 522 g/mol. The van der Waals surface area contributed by atoms with Crippen LogP contribution in [0.25, 0.3) is 10.9 Å². The third-order valence-corrected chi connectivity index (χ3v) is 8.82. The number of fused-ring (bicyclic) bond motifs is 2. The maximum absolute atomic E-state index is 12.2. The van der Waals surface area contributed by atoms with E-state index < -0.39 is 0 Å². The van der Waals surface area contributed by atoms with Gasteiger partial charge >= 0.3 is 6.01 Å². The molecule has 214 valence electrons. The minimum Gasteiger partial charge on any atom is -0.462 e. The molecule has 2 fully saturated rings. The maximum Gasteiger partial charge on any atom is 0.318 e. The van der Waals surface area contributed by atoms with Gasteiger partial charge in [-0.2, -0.15) is 23.5 Å². The molecule has 2 saturated heterocycles. The van der Waals surface area contributed by atoms with Gasteiger partial charge in [-0.15, -0.1) is 0 Å². The number of rotatable bonds is 6. The van der Waals surface area contributed by atoms with E-state index in [0.717, 1.165) is 50.5 Å². The molecule has 2 aromatic heterocycles. The highest BCUT2D eigenvalue weighted by atomic mass is 32.1. The van der Waals surface area contributed by atoms with Gasteiger partial charge in [0.15, 0.2) is 0 Å². The summed E-state index contributed by atoms with van der Waals surface area (Å²) in [4.78, 5) is 34.5. The lowest BCUT2D eigenvalue weighted by atomic mass is 9.99. The van der Waals surface area contributed by atoms with Gasteiger partial charge in [-0.3, -0.25) is 4.79 Å². The lowest BCUT2D eigenvalue weighted by molar-refractivity contribution is -0.126. The Bertz CT molecular complexity index is 1400. The number of likely N-dealkylation sites (tertiary alicyclic amines) is 1. The molecule has 40 heavy (non-hydrogen) atoms. The normalized spacial score (nSPS) is 19.5. The van der Waals surface area contributed by atoms with Gasteiger partial charge in [-0.25, -0.2) is 0 Å². The van der Waals surface area contributed by atoms with Crippen molar-refractivity contribution in [3.8, 4) is 6.01 Å². The molecule has 6 rings (SSSR count). The Morgan fingerprint density at radius 1 is 1.15 bits per heavy atom. The number of hydrogen-bond donors (Lipinski definition) is 1. The summed E-state index contributed by atoms with van der Waals surface area (Å²) >= 11 is 0. The number of ether oxygens (including phenoxy) is 1. The van der Waals surface area contributed by atoms with Crippen LogP contribution in [0.3, 0.4) is 0 Å². The van der Waals surface area contributed by atoms with Crippen LogP contribution in [0.2, 0.25) is 0 Å². The zero-order valence-electron chi connectivity index (χ0n) is 23.9. The van der Waals surface area contributed by atoms with Crippen LogP contribution in [-0.4, -0.2) is 89.6 Å². The molecule has 0 saturated carbocycles. The minimum atomic E-state index is -0.00990. The largest absolute Gasteiger partial charge is 0.462 e. The van der Waals surface area contributed by atoms with E-state index in [4.69, 9.17) is 14.7 Å². The molecule has 3 aromatic rings. The maximum atomic E-state index is 12.2. The Kier molecular flexibility index (Phi) is 8.28. The number of aryl methyl sites for hydroxylation is 1. The summed E-state index contributed by atoms with van der Waals surface area (Å²) < 4.78 is 6.28. The zero-order valence-corrected chi connectivity index (χ0v) is 24.9. The highest BCUT2D eigenvalue weighted by Crippen LogP contribution is 2.37. The molecule has 3 aliphatic heterocycles. The SMILES string of the molecule is C=CC(=O)N1CCN(c2nc(OC[C@@H]3CCCN3C)nc3c2CCN(c2c(C)c(C)cc4[nH]ccc24)C3)CC1.S. The average Bonchev–Trinajstić information content (AvgIpc) is 3.59. The van der Waals surface area contributed by atoms with Gasteiger partial charge in [0.2, 0.25) is 5.91 Å². The molecule has 10 heteroatoms. The zero-order chi connectivity index (χ0) is 27.1. The summed E-state index contributed by atoms with van der Waals surface area (Å²) in [6, 6.07) is 5.27. The molecule has 0 unspecified atom stereocenters.